The fourth-order valence-corrected chi connectivity index (χ4v) is 6.47. The normalized spacial score (nSPS) is 24.0. The molecule has 2 fully saturated rings. The summed E-state index contributed by atoms with van der Waals surface area (Å²) in [6.45, 7) is 3.71. The summed E-state index contributed by atoms with van der Waals surface area (Å²) in [7, 11) is 1.63. The molecule has 4 aliphatic rings. The minimum Gasteiger partial charge on any atom is -0.354 e. The van der Waals surface area contributed by atoms with Gasteiger partial charge in [-0.05, 0) is 55.9 Å². The topological polar surface area (TPSA) is 94.2 Å². The van der Waals surface area contributed by atoms with E-state index in [2.05, 4.69) is 31.2 Å². The first kappa shape index (κ1) is 21.0. The Bertz CT molecular complexity index is 1170. The number of thiazole rings is 1. The van der Waals surface area contributed by atoms with Gasteiger partial charge in [-0.15, -0.1) is 11.3 Å². The molecule has 0 bridgehead atoms. The molecular formula is C24H30N6O2S. The van der Waals surface area contributed by atoms with Crippen molar-refractivity contribution < 1.29 is 4.79 Å². The third-order valence-corrected chi connectivity index (χ3v) is 8.82. The van der Waals surface area contributed by atoms with Crippen LogP contribution >= 0.6 is 11.3 Å². The lowest BCUT2D eigenvalue weighted by atomic mass is 9.84. The zero-order chi connectivity index (χ0) is 22.6. The summed E-state index contributed by atoms with van der Waals surface area (Å²) in [4.78, 5) is 41.9. The number of nitrogens with zero attached hydrogens (tertiary/aromatic N) is 4. The lowest BCUT2D eigenvalue weighted by Gasteiger charge is -2.37. The second-order valence-corrected chi connectivity index (χ2v) is 10.8. The van der Waals surface area contributed by atoms with Crippen LogP contribution in [0, 0.1) is 5.41 Å². The second kappa shape index (κ2) is 8.06. The average Bonchev–Trinajstić information content (AvgIpc) is 3.23. The van der Waals surface area contributed by atoms with Gasteiger partial charge < -0.3 is 15.2 Å². The third-order valence-electron chi connectivity index (χ3n) is 7.91. The van der Waals surface area contributed by atoms with Crippen LogP contribution in [-0.2, 0) is 12.8 Å². The minimum atomic E-state index is -0.138. The third kappa shape index (κ3) is 3.91. The molecule has 33 heavy (non-hydrogen) atoms. The summed E-state index contributed by atoms with van der Waals surface area (Å²) in [5, 5.41) is 5.37. The van der Waals surface area contributed by atoms with Crippen LogP contribution < -0.4 is 15.8 Å². The van der Waals surface area contributed by atoms with Gasteiger partial charge in [0.2, 0.25) is 0 Å². The number of piperazine rings is 1. The molecule has 3 aliphatic carbocycles. The van der Waals surface area contributed by atoms with Crippen LogP contribution in [0.1, 0.15) is 59.7 Å². The fraction of sp³-hybridized carbons (Fsp3) is 0.583. The lowest BCUT2D eigenvalue weighted by molar-refractivity contribution is 0.0959. The van der Waals surface area contributed by atoms with E-state index in [0.29, 0.717) is 17.2 Å². The molecule has 9 heteroatoms. The summed E-state index contributed by atoms with van der Waals surface area (Å²) in [6.07, 6.45) is 9.93. The quantitative estimate of drug-likeness (QED) is 0.718. The number of allylic oxidation sites excluding steroid dienone is 1. The van der Waals surface area contributed by atoms with Crippen LogP contribution in [0.3, 0.4) is 0 Å². The van der Waals surface area contributed by atoms with E-state index in [9.17, 15) is 9.59 Å². The zero-order valence-corrected chi connectivity index (χ0v) is 19.8. The number of fused-ring (bicyclic) bond motifs is 1. The van der Waals surface area contributed by atoms with E-state index < -0.39 is 0 Å². The van der Waals surface area contributed by atoms with Gasteiger partial charge in [0.1, 0.15) is 11.5 Å². The molecule has 1 saturated carbocycles. The Morgan fingerprint density at radius 2 is 2.00 bits per heavy atom. The molecule has 1 spiro atoms. The van der Waals surface area contributed by atoms with Crippen molar-refractivity contribution >= 4 is 27.9 Å². The Kier molecular flexibility index (Phi) is 5.14. The van der Waals surface area contributed by atoms with Crippen LogP contribution in [0.15, 0.2) is 16.3 Å². The number of carbonyl (C=O) groups is 1. The number of aryl methyl sites for hydroxylation is 1. The molecule has 2 N–H and O–H groups in total. The number of hydrogen-bond donors (Lipinski definition) is 2. The maximum absolute atomic E-state index is 12.8. The molecule has 1 amide bonds. The zero-order valence-electron chi connectivity index (χ0n) is 19.0. The Labute approximate surface area is 197 Å². The van der Waals surface area contributed by atoms with Crippen LogP contribution in [-0.4, -0.2) is 65.0 Å². The second-order valence-electron chi connectivity index (χ2n) is 9.93. The highest BCUT2D eigenvalue weighted by Gasteiger charge is 2.45. The summed E-state index contributed by atoms with van der Waals surface area (Å²) in [6, 6.07) is 0.385. The number of amides is 1. The molecule has 6 rings (SSSR count). The average molecular weight is 467 g/mol. The SMILES string of the molecule is CNC(=O)c1csc(N2CCN([C@H]3C=C(c4nc5c(c(=O)[nH]4)CC4(CC5)CC4)CC3)CC2)n1. The summed E-state index contributed by atoms with van der Waals surface area (Å²) < 4.78 is 0. The van der Waals surface area contributed by atoms with E-state index in [4.69, 9.17) is 4.98 Å². The highest BCUT2D eigenvalue weighted by Crippen LogP contribution is 2.53. The van der Waals surface area contributed by atoms with Crippen molar-refractivity contribution in [3.8, 4) is 0 Å². The molecular weight excluding hydrogens is 436 g/mol. The first-order chi connectivity index (χ1) is 16.0. The van der Waals surface area contributed by atoms with Gasteiger partial charge in [-0.25, -0.2) is 9.97 Å². The van der Waals surface area contributed by atoms with E-state index in [1.807, 2.05) is 5.38 Å². The van der Waals surface area contributed by atoms with Gasteiger partial charge in [-0.1, -0.05) is 6.08 Å². The number of aromatic nitrogens is 3. The van der Waals surface area contributed by atoms with Gasteiger partial charge in [0.05, 0.1) is 5.69 Å². The maximum atomic E-state index is 12.8. The number of H-pyrrole nitrogens is 1. The van der Waals surface area contributed by atoms with Crippen LogP contribution in [0.2, 0.25) is 0 Å². The number of hydrogen-bond acceptors (Lipinski definition) is 7. The van der Waals surface area contributed by atoms with Crippen molar-refractivity contribution in [3.05, 3.63) is 44.6 Å². The molecule has 174 valence electrons. The van der Waals surface area contributed by atoms with Crippen molar-refractivity contribution in [2.45, 2.75) is 51.0 Å². The summed E-state index contributed by atoms with van der Waals surface area (Å²) >= 11 is 1.53. The van der Waals surface area contributed by atoms with Crippen LogP contribution in [0.4, 0.5) is 5.13 Å². The van der Waals surface area contributed by atoms with Gasteiger partial charge >= 0.3 is 0 Å². The molecule has 2 aromatic rings. The van der Waals surface area contributed by atoms with Crippen molar-refractivity contribution in [2.24, 2.45) is 5.41 Å². The lowest BCUT2D eigenvalue weighted by Crippen LogP contribution is -2.49. The predicted molar refractivity (Wildman–Crippen MR) is 129 cm³/mol. The van der Waals surface area contributed by atoms with E-state index in [0.717, 1.165) is 74.1 Å². The molecule has 3 heterocycles. The predicted octanol–water partition coefficient (Wildman–Crippen LogP) is 2.22. The van der Waals surface area contributed by atoms with E-state index in [-0.39, 0.29) is 11.5 Å². The maximum Gasteiger partial charge on any atom is 0.270 e. The monoisotopic (exact) mass is 466 g/mol. The summed E-state index contributed by atoms with van der Waals surface area (Å²) in [5.74, 6) is 0.650. The molecule has 1 aliphatic heterocycles. The molecule has 8 nitrogen and oxygen atoms in total. The Morgan fingerprint density at radius 1 is 1.18 bits per heavy atom. The Morgan fingerprint density at radius 3 is 2.76 bits per heavy atom. The number of carbonyl (C=O) groups excluding carboxylic acids is 1. The van der Waals surface area contributed by atoms with Crippen molar-refractivity contribution in [3.63, 3.8) is 0 Å². The van der Waals surface area contributed by atoms with Gasteiger partial charge in [0.25, 0.3) is 11.5 Å². The molecule has 0 unspecified atom stereocenters. The van der Waals surface area contributed by atoms with Gasteiger partial charge in [-0.2, -0.15) is 0 Å². The number of rotatable bonds is 4. The van der Waals surface area contributed by atoms with Crippen LogP contribution in [0.25, 0.3) is 5.57 Å². The molecule has 1 saturated heterocycles. The van der Waals surface area contributed by atoms with Crippen molar-refractivity contribution in [1.82, 2.24) is 25.2 Å². The van der Waals surface area contributed by atoms with E-state index >= 15 is 0 Å². The van der Waals surface area contributed by atoms with E-state index in [1.165, 1.54) is 36.2 Å². The standard InChI is InChI=1S/C24H30N6O2S/c1-25-22(32)19-14-33-23(27-19)30-10-8-29(9-11-30)16-3-2-15(12-16)20-26-18-4-5-24(6-7-24)13-17(18)21(31)28-20/h12,14,16H,2-11,13H2,1H3,(H,25,32)(H,26,28,31)/t16-/m1/s1. The van der Waals surface area contributed by atoms with Gasteiger partial charge in [0.15, 0.2) is 5.13 Å². The first-order valence-electron chi connectivity index (χ1n) is 12.0. The Balaban J connectivity index is 1.12. The smallest absolute Gasteiger partial charge is 0.270 e. The Hall–Kier alpha value is -2.52. The van der Waals surface area contributed by atoms with Crippen molar-refractivity contribution in [1.29, 1.82) is 0 Å². The summed E-state index contributed by atoms with van der Waals surface area (Å²) in [5.41, 5.74) is 4.15. The van der Waals surface area contributed by atoms with Crippen molar-refractivity contribution in [2.75, 3.05) is 38.1 Å². The highest BCUT2D eigenvalue weighted by atomic mass is 32.1. The molecule has 1 atom stereocenters. The van der Waals surface area contributed by atoms with E-state index in [1.54, 1.807) is 7.05 Å². The number of aromatic amines is 1. The van der Waals surface area contributed by atoms with Gasteiger partial charge in [-0.3, -0.25) is 14.5 Å². The van der Waals surface area contributed by atoms with Gasteiger partial charge in [0, 0.05) is 50.2 Å². The largest absolute Gasteiger partial charge is 0.354 e. The fourth-order valence-electron chi connectivity index (χ4n) is 5.61. The number of nitrogens with one attached hydrogen (secondary N) is 2. The van der Waals surface area contributed by atoms with Crippen LogP contribution in [0.5, 0.6) is 0 Å². The molecule has 0 aromatic carbocycles. The first-order valence-corrected chi connectivity index (χ1v) is 12.9. The molecule has 2 aromatic heterocycles. The number of anilines is 1. The molecule has 0 radical (unpaired) electrons. The highest BCUT2D eigenvalue weighted by molar-refractivity contribution is 7.13. The minimum absolute atomic E-state index is 0.0820.